The molecule has 0 aliphatic carbocycles. The van der Waals surface area contributed by atoms with E-state index in [2.05, 4.69) is 33.0 Å². The summed E-state index contributed by atoms with van der Waals surface area (Å²) < 4.78 is 41.9. The lowest BCUT2D eigenvalue weighted by atomic mass is 10.1. The summed E-state index contributed by atoms with van der Waals surface area (Å²) in [6, 6.07) is 0.650. The fourth-order valence-corrected chi connectivity index (χ4v) is 8.13. The maximum Gasteiger partial charge on any atom is 0.501 e. The van der Waals surface area contributed by atoms with Gasteiger partial charge in [0.25, 0.3) is 0 Å². The van der Waals surface area contributed by atoms with Crippen LogP contribution < -0.4 is 5.32 Å². The van der Waals surface area contributed by atoms with Gasteiger partial charge in [-0.3, -0.25) is 4.79 Å². The maximum absolute atomic E-state index is 12.5. The number of hydrogen-bond acceptors (Lipinski definition) is 10. The van der Waals surface area contributed by atoms with Crippen LogP contribution in [-0.4, -0.2) is 105 Å². The summed E-state index contributed by atoms with van der Waals surface area (Å²) in [6.45, 7) is 16.2. The first-order chi connectivity index (χ1) is 22.6. The first kappa shape index (κ1) is 45.9. The minimum atomic E-state index is -3.03. The molecule has 0 spiro atoms. The molecule has 0 fully saturated rings. The van der Waals surface area contributed by atoms with E-state index in [1.807, 2.05) is 0 Å². The Balaban J connectivity index is 4.71. The largest absolute Gasteiger partial charge is 0.501 e. The fraction of sp³-hybridized carbons (Fsp3) is 0.971. The van der Waals surface area contributed by atoms with Crippen LogP contribution in [0.1, 0.15) is 124 Å². The number of ether oxygens (including phenoxy) is 4. The molecule has 0 rings (SSSR count). The Morgan fingerprint density at radius 1 is 0.522 bits per heavy atom. The zero-order valence-corrected chi connectivity index (χ0v) is 32.2. The van der Waals surface area contributed by atoms with Gasteiger partial charge in [0.05, 0.1) is 59.5 Å². The van der Waals surface area contributed by atoms with Crippen LogP contribution in [0.4, 0.5) is 0 Å². The van der Waals surface area contributed by atoms with E-state index in [4.69, 9.17) is 32.2 Å². The van der Waals surface area contributed by atoms with Crippen LogP contribution in [0.25, 0.3) is 0 Å². The number of thioether (sulfide) groups is 1. The fourth-order valence-electron chi connectivity index (χ4n) is 4.57. The number of unbranched alkanes of at least 4 members (excludes halogenated alkanes) is 10. The molecule has 0 aliphatic heterocycles. The van der Waals surface area contributed by atoms with Crippen LogP contribution >= 0.6 is 11.8 Å². The van der Waals surface area contributed by atoms with E-state index in [1.165, 1.54) is 56.7 Å². The maximum atomic E-state index is 12.5. The van der Waals surface area contributed by atoms with Gasteiger partial charge in [0.1, 0.15) is 0 Å². The molecule has 46 heavy (non-hydrogen) atoms. The number of likely N-dealkylation sites (N-methyl/N-ethyl adjacent to an activating group) is 1. The van der Waals surface area contributed by atoms with Crippen LogP contribution in [0.2, 0.25) is 6.04 Å². The molecule has 1 N–H and O–H groups in total. The van der Waals surface area contributed by atoms with Gasteiger partial charge in [0, 0.05) is 38.0 Å². The summed E-state index contributed by atoms with van der Waals surface area (Å²) >= 11 is 1.44. The molecule has 0 unspecified atom stereocenters. The van der Waals surface area contributed by atoms with Gasteiger partial charge in [0.2, 0.25) is 0 Å². The van der Waals surface area contributed by atoms with Crippen molar-refractivity contribution in [3.63, 3.8) is 0 Å². The highest BCUT2D eigenvalue weighted by atomic mass is 32.2. The van der Waals surface area contributed by atoms with Crippen molar-refractivity contribution in [2.45, 2.75) is 130 Å². The van der Waals surface area contributed by atoms with Gasteiger partial charge >= 0.3 is 8.80 Å². The van der Waals surface area contributed by atoms with E-state index in [-0.39, 0.29) is 5.12 Å². The van der Waals surface area contributed by atoms with Crippen molar-refractivity contribution in [1.82, 2.24) is 5.32 Å². The molecule has 0 aromatic rings. The monoisotopic (exact) mass is 695 g/mol. The molecule has 276 valence electrons. The zero-order chi connectivity index (χ0) is 33.7. The standard InChI is InChI=1S/C35H73NO8SSi/c1-5-9-12-13-14-15-16-17-18-20-35(37)45-33-19-34-46(42-24-21-36-8-4,43-31-29-40-27-25-38-22-10-6-2)44-32-30-41-28-26-39-23-11-7-3/h36H,5-34H2,1-4H3. The van der Waals surface area contributed by atoms with Crippen LogP contribution in [0, 0.1) is 0 Å². The average molecular weight is 696 g/mol. The van der Waals surface area contributed by atoms with Crippen molar-refractivity contribution >= 4 is 25.7 Å². The highest BCUT2D eigenvalue weighted by molar-refractivity contribution is 8.13. The van der Waals surface area contributed by atoms with Gasteiger partial charge in [-0.2, -0.15) is 0 Å². The van der Waals surface area contributed by atoms with Crippen LogP contribution in [-0.2, 0) is 37.0 Å². The van der Waals surface area contributed by atoms with E-state index < -0.39 is 8.80 Å². The third-order valence-electron chi connectivity index (χ3n) is 7.35. The summed E-state index contributed by atoms with van der Waals surface area (Å²) in [5.74, 6) is 0.742. The van der Waals surface area contributed by atoms with Crippen molar-refractivity contribution in [3.8, 4) is 0 Å². The van der Waals surface area contributed by atoms with Gasteiger partial charge in [-0.05, 0) is 32.2 Å². The third-order valence-corrected chi connectivity index (χ3v) is 11.3. The van der Waals surface area contributed by atoms with Crippen molar-refractivity contribution in [2.75, 3.05) is 91.5 Å². The minimum absolute atomic E-state index is 0.286. The molecule has 9 nitrogen and oxygen atoms in total. The minimum Gasteiger partial charge on any atom is -0.379 e. The van der Waals surface area contributed by atoms with Crippen molar-refractivity contribution in [3.05, 3.63) is 0 Å². The number of carbonyl (C=O) groups excluding carboxylic acids is 1. The van der Waals surface area contributed by atoms with Gasteiger partial charge in [-0.1, -0.05) is 104 Å². The Bertz CT molecular complexity index is 601. The SMILES string of the molecule is CCCCCCCCCCCC(=O)SCCC[Si](OCCNCC)(OCCOCCOCCCC)OCCOCCOCCCC. The molecule has 11 heteroatoms. The Labute approximate surface area is 289 Å². The molecule has 0 amide bonds. The highest BCUT2D eigenvalue weighted by Crippen LogP contribution is 2.21. The van der Waals surface area contributed by atoms with Gasteiger partial charge in [-0.15, -0.1) is 0 Å². The lowest BCUT2D eigenvalue weighted by Crippen LogP contribution is -2.48. The first-order valence-electron chi connectivity index (χ1n) is 18.7. The lowest BCUT2D eigenvalue weighted by molar-refractivity contribution is -0.111. The van der Waals surface area contributed by atoms with E-state index >= 15 is 0 Å². The third kappa shape index (κ3) is 32.5. The van der Waals surface area contributed by atoms with Crippen LogP contribution in [0.15, 0.2) is 0 Å². The highest BCUT2D eigenvalue weighted by Gasteiger charge is 2.40. The predicted molar refractivity (Wildman–Crippen MR) is 194 cm³/mol. The zero-order valence-electron chi connectivity index (χ0n) is 30.4. The summed E-state index contributed by atoms with van der Waals surface area (Å²) in [4.78, 5) is 12.5. The molecule has 0 atom stereocenters. The molecule has 0 aromatic heterocycles. The topological polar surface area (TPSA) is 93.7 Å². The van der Waals surface area contributed by atoms with Crippen molar-refractivity contribution in [1.29, 1.82) is 0 Å². The lowest BCUT2D eigenvalue weighted by Gasteiger charge is -2.30. The second kappa shape index (κ2) is 37.7. The molecule has 0 bridgehead atoms. The Hall–Kier alpha value is -0.0831. The van der Waals surface area contributed by atoms with E-state index in [0.29, 0.717) is 71.9 Å². The van der Waals surface area contributed by atoms with E-state index in [1.54, 1.807) is 0 Å². The number of nitrogens with one attached hydrogen (secondary N) is 1. The summed E-state index contributed by atoms with van der Waals surface area (Å²) in [6.07, 6.45) is 17.2. The van der Waals surface area contributed by atoms with Crippen LogP contribution in [0.5, 0.6) is 0 Å². The molecule has 0 radical (unpaired) electrons. The normalized spacial score (nSPS) is 11.9. The molecule has 0 heterocycles. The average Bonchev–Trinajstić information content (AvgIpc) is 3.06. The molecule has 0 saturated carbocycles. The quantitative estimate of drug-likeness (QED) is 0.0507. The molecular weight excluding hydrogens is 623 g/mol. The number of hydrogen-bond donors (Lipinski definition) is 1. The Morgan fingerprint density at radius 2 is 0.978 bits per heavy atom. The molecular formula is C35H73NO8SSi. The summed E-state index contributed by atoms with van der Waals surface area (Å²) in [5.41, 5.74) is 0. The van der Waals surface area contributed by atoms with Crippen molar-refractivity contribution < 1.29 is 37.0 Å². The van der Waals surface area contributed by atoms with Gasteiger partial charge in [0.15, 0.2) is 5.12 Å². The summed E-state index contributed by atoms with van der Waals surface area (Å²) in [7, 11) is -3.03. The number of rotatable bonds is 39. The van der Waals surface area contributed by atoms with E-state index in [9.17, 15) is 4.79 Å². The Morgan fingerprint density at radius 3 is 1.50 bits per heavy atom. The summed E-state index contributed by atoms with van der Waals surface area (Å²) in [5, 5.41) is 3.60. The van der Waals surface area contributed by atoms with Crippen molar-refractivity contribution in [2.24, 2.45) is 0 Å². The molecule has 0 aliphatic rings. The molecule has 0 saturated heterocycles. The second-order valence-corrected chi connectivity index (χ2v) is 15.5. The molecule has 0 aromatic carbocycles. The van der Waals surface area contributed by atoms with Gasteiger partial charge < -0.3 is 37.5 Å². The first-order valence-corrected chi connectivity index (χ1v) is 21.6. The van der Waals surface area contributed by atoms with Gasteiger partial charge in [-0.25, -0.2) is 0 Å². The predicted octanol–water partition coefficient (Wildman–Crippen LogP) is 7.82. The van der Waals surface area contributed by atoms with E-state index in [0.717, 1.165) is 77.0 Å². The smallest absolute Gasteiger partial charge is 0.379 e. The second-order valence-electron chi connectivity index (χ2n) is 11.6. The Kier molecular flexibility index (Phi) is 37.7. The van der Waals surface area contributed by atoms with Crippen LogP contribution in [0.3, 0.4) is 0 Å². The number of carbonyl (C=O) groups is 1.